The largest absolute Gasteiger partial charge is 0.369 e. The maximum atomic E-state index is 12.0. The molecule has 0 aliphatic carbocycles. The average molecular weight is 370 g/mol. The molecule has 0 bridgehead atoms. The number of nitrogens with zero attached hydrogens (tertiary/aromatic N) is 2. The summed E-state index contributed by atoms with van der Waals surface area (Å²) in [5.74, 6) is 2.33. The number of sulfone groups is 1. The predicted octanol–water partition coefficient (Wildman–Crippen LogP) is 2.74. The Morgan fingerprint density at radius 1 is 1.48 bits per heavy atom. The third-order valence-corrected chi connectivity index (χ3v) is 6.32. The van der Waals surface area contributed by atoms with Crippen LogP contribution >= 0.6 is 35.0 Å². The monoisotopic (exact) mass is 369 g/mol. The molecule has 1 fully saturated rings. The quantitative estimate of drug-likeness (QED) is 0.880. The fraction of sp³-hybridized carbons (Fsp3) is 0.583. The molecule has 0 spiro atoms. The lowest BCUT2D eigenvalue weighted by atomic mass is 10.3. The van der Waals surface area contributed by atoms with Gasteiger partial charge in [-0.15, -0.1) is 0 Å². The Bertz CT molecular complexity index is 625. The number of hydrogen-bond donors (Lipinski definition) is 1. The highest BCUT2D eigenvalue weighted by atomic mass is 35.5. The predicted molar refractivity (Wildman–Crippen MR) is 91.7 cm³/mol. The van der Waals surface area contributed by atoms with Crippen LogP contribution in [0.4, 0.5) is 11.6 Å². The first-order valence-electron chi connectivity index (χ1n) is 6.47. The van der Waals surface area contributed by atoms with Gasteiger partial charge in [0.1, 0.15) is 11.2 Å². The van der Waals surface area contributed by atoms with Crippen LogP contribution in [0.15, 0.2) is 6.07 Å². The molecule has 1 atom stereocenters. The Morgan fingerprint density at radius 2 is 2.19 bits per heavy atom. The number of pyridine rings is 1. The molecule has 0 amide bonds. The second-order valence-corrected chi connectivity index (χ2v) is 8.87. The summed E-state index contributed by atoms with van der Waals surface area (Å²) in [5.41, 5.74) is 0. The first kappa shape index (κ1) is 17.0. The van der Waals surface area contributed by atoms with Crippen LogP contribution in [-0.4, -0.2) is 49.6 Å². The maximum absolute atomic E-state index is 12.0. The molecule has 1 aliphatic rings. The van der Waals surface area contributed by atoms with Gasteiger partial charge in [0.25, 0.3) is 0 Å². The number of anilines is 2. The zero-order valence-electron chi connectivity index (χ0n) is 11.8. The van der Waals surface area contributed by atoms with Gasteiger partial charge in [-0.2, -0.15) is 11.8 Å². The van der Waals surface area contributed by atoms with Crippen molar-refractivity contribution in [2.45, 2.75) is 12.3 Å². The molecule has 9 heteroatoms. The van der Waals surface area contributed by atoms with Crippen molar-refractivity contribution >= 4 is 56.4 Å². The zero-order valence-corrected chi connectivity index (χ0v) is 14.9. The van der Waals surface area contributed by atoms with Crippen molar-refractivity contribution in [2.75, 3.05) is 41.1 Å². The molecule has 2 heterocycles. The Kier molecular flexibility index (Phi) is 5.51. The fourth-order valence-electron chi connectivity index (χ4n) is 2.13. The van der Waals surface area contributed by atoms with Gasteiger partial charge in [0.05, 0.1) is 10.0 Å². The van der Waals surface area contributed by atoms with E-state index in [1.165, 1.54) is 6.26 Å². The molecule has 21 heavy (non-hydrogen) atoms. The van der Waals surface area contributed by atoms with Gasteiger partial charge in [-0.25, -0.2) is 13.4 Å². The normalized spacial score (nSPS) is 19.6. The highest BCUT2D eigenvalue weighted by Gasteiger charge is 2.33. The molecule has 118 valence electrons. The summed E-state index contributed by atoms with van der Waals surface area (Å²) in [6, 6.07) is 1.60. The molecule has 0 aromatic carbocycles. The smallest absolute Gasteiger partial charge is 0.169 e. The standard InChI is InChI=1S/C12H17Cl2N3O2S2/c1-3-15-11-8(13)6-9(14)12(16-11)17-4-5-20-7-10(17)21(2,18)19/h6,10H,3-5,7H2,1-2H3,(H,15,16). The molecular formula is C12H17Cl2N3O2S2. The van der Waals surface area contributed by atoms with E-state index >= 15 is 0 Å². The summed E-state index contributed by atoms with van der Waals surface area (Å²) >= 11 is 13.9. The van der Waals surface area contributed by atoms with Crippen LogP contribution in [0.2, 0.25) is 10.0 Å². The van der Waals surface area contributed by atoms with E-state index in [4.69, 9.17) is 23.2 Å². The molecule has 1 saturated heterocycles. The summed E-state index contributed by atoms with van der Waals surface area (Å²) in [6.07, 6.45) is 1.24. The second kappa shape index (κ2) is 6.81. The van der Waals surface area contributed by atoms with Gasteiger partial charge < -0.3 is 10.2 Å². The van der Waals surface area contributed by atoms with Gasteiger partial charge in [0.15, 0.2) is 15.7 Å². The van der Waals surface area contributed by atoms with Crippen molar-refractivity contribution in [3.05, 3.63) is 16.1 Å². The van der Waals surface area contributed by atoms with E-state index in [2.05, 4.69) is 10.3 Å². The summed E-state index contributed by atoms with van der Waals surface area (Å²) in [6.45, 7) is 3.19. The van der Waals surface area contributed by atoms with Crippen LogP contribution in [0, 0.1) is 0 Å². The maximum Gasteiger partial charge on any atom is 0.169 e. The van der Waals surface area contributed by atoms with Crippen LogP contribution in [0.25, 0.3) is 0 Å². The van der Waals surface area contributed by atoms with E-state index in [0.717, 1.165) is 5.75 Å². The van der Waals surface area contributed by atoms with E-state index in [1.54, 1.807) is 22.7 Å². The second-order valence-electron chi connectivity index (χ2n) is 4.71. The van der Waals surface area contributed by atoms with Crippen LogP contribution in [0.1, 0.15) is 6.92 Å². The fourth-order valence-corrected chi connectivity index (χ4v) is 5.48. The summed E-state index contributed by atoms with van der Waals surface area (Å²) in [7, 11) is -3.22. The van der Waals surface area contributed by atoms with Crippen molar-refractivity contribution < 1.29 is 8.42 Å². The molecule has 0 saturated carbocycles. The highest BCUT2D eigenvalue weighted by Crippen LogP contribution is 2.35. The van der Waals surface area contributed by atoms with Crippen molar-refractivity contribution in [2.24, 2.45) is 0 Å². The molecule has 1 N–H and O–H groups in total. The number of rotatable bonds is 4. The minimum atomic E-state index is -3.22. The van der Waals surface area contributed by atoms with E-state index in [1.807, 2.05) is 6.92 Å². The first-order chi connectivity index (χ1) is 9.84. The molecule has 1 aromatic heterocycles. The topological polar surface area (TPSA) is 62.3 Å². The lowest BCUT2D eigenvalue weighted by molar-refractivity contribution is 0.583. The third-order valence-electron chi connectivity index (χ3n) is 3.11. The molecule has 1 aliphatic heterocycles. The van der Waals surface area contributed by atoms with Gasteiger partial charge in [-0.3, -0.25) is 0 Å². The minimum Gasteiger partial charge on any atom is -0.369 e. The molecule has 1 unspecified atom stereocenters. The Balaban J connectivity index is 2.45. The Labute approximate surface area is 139 Å². The Morgan fingerprint density at radius 3 is 2.81 bits per heavy atom. The number of aromatic nitrogens is 1. The van der Waals surface area contributed by atoms with Crippen LogP contribution < -0.4 is 10.2 Å². The van der Waals surface area contributed by atoms with Gasteiger partial charge in [0.2, 0.25) is 0 Å². The van der Waals surface area contributed by atoms with E-state index < -0.39 is 15.2 Å². The van der Waals surface area contributed by atoms with Crippen LogP contribution in [0.5, 0.6) is 0 Å². The molecule has 2 rings (SSSR count). The summed E-state index contributed by atoms with van der Waals surface area (Å²) < 4.78 is 24.0. The van der Waals surface area contributed by atoms with Gasteiger partial charge in [-0.05, 0) is 13.0 Å². The van der Waals surface area contributed by atoms with Gasteiger partial charge in [-0.1, -0.05) is 23.2 Å². The highest BCUT2D eigenvalue weighted by molar-refractivity contribution is 8.01. The SMILES string of the molecule is CCNc1nc(N2CCSCC2S(C)(=O)=O)c(Cl)cc1Cl. The van der Waals surface area contributed by atoms with E-state index in [0.29, 0.717) is 40.5 Å². The number of halogens is 2. The zero-order chi connectivity index (χ0) is 15.6. The van der Waals surface area contributed by atoms with Gasteiger partial charge in [0, 0.05) is 30.9 Å². The van der Waals surface area contributed by atoms with Crippen LogP contribution in [0.3, 0.4) is 0 Å². The molecule has 0 radical (unpaired) electrons. The molecule has 1 aromatic rings. The van der Waals surface area contributed by atoms with E-state index in [-0.39, 0.29) is 0 Å². The lowest BCUT2D eigenvalue weighted by Crippen LogP contribution is -2.47. The number of thioether (sulfide) groups is 1. The average Bonchev–Trinajstić information content (AvgIpc) is 2.41. The van der Waals surface area contributed by atoms with E-state index in [9.17, 15) is 8.42 Å². The Hall–Kier alpha value is -0.370. The third kappa shape index (κ3) is 3.88. The minimum absolute atomic E-state index is 0.363. The first-order valence-corrected chi connectivity index (χ1v) is 10.3. The summed E-state index contributed by atoms with van der Waals surface area (Å²) in [5, 5.41) is 3.23. The number of hydrogen-bond acceptors (Lipinski definition) is 6. The van der Waals surface area contributed by atoms with Gasteiger partial charge >= 0.3 is 0 Å². The van der Waals surface area contributed by atoms with Crippen LogP contribution in [-0.2, 0) is 9.84 Å². The number of nitrogens with one attached hydrogen (secondary N) is 1. The van der Waals surface area contributed by atoms with Crippen molar-refractivity contribution in [3.8, 4) is 0 Å². The summed E-state index contributed by atoms with van der Waals surface area (Å²) in [4.78, 5) is 6.18. The lowest BCUT2D eigenvalue weighted by Gasteiger charge is -2.35. The van der Waals surface area contributed by atoms with Crippen molar-refractivity contribution in [1.29, 1.82) is 0 Å². The van der Waals surface area contributed by atoms with Crippen molar-refractivity contribution in [3.63, 3.8) is 0 Å². The molecular weight excluding hydrogens is 353 g/mol. The molecule has 5 nitrogen and oxygen atoms in total. The van der Waals surface area contributed by atoms with Crippen molar-refractivity contribution in [1.82, 2.24) is 4.98 Å².